The van der Waals surface area contributed by atoms with Gasteiger partial charge in [-0.15, -0.1) is 0 Å². The van der Waals surface area contributed by atoms with Crippen molar-refractivity contribution in [1.29, 1.82) is 0 Å². The Bertz CT molecular complexity index is 344. The van der Waals surface area contributed by atoms with Gasteiger partial charge in [0.05, 0.1) is 0 Å². The zero-order valence-corrected chi connectivity index (χ0v) is 11.4. The molecule has 1 aliphatic rings. The molecule has 0 aromatic heterocycles. The molecule has 2 rings (SSSR count). The van der Waals surface area contributed by atoms with Crippen molar-refractivity contribution in [3.8, 4) is 0 Å². The predicted molar refractivity (Wildman–Crippen MR) is 73.5 cm³/mol. The van der Waals surface area contributed by atoms with E-state index in [2.05, 4.69) is 36.3 Å². The van der Waals surface area contributed by atoms with Gasteiger partial charge in [-0.25, -0.2) is 0 Å². The van der Waals surface area contributed by atoms with E-state index in [0.29, 0.717) is 12.1 Å². The van der Waals surface area contributed by atoms with E-state index in [0.717, 1.165) is 24.5 Å². The van der Waals surface area contributed by atoms with Crippen LogP contribution in [0.4, 0.5) is 0 Å². The fourth-order valence-electron chi connectivity index (χ4n) is 2.69. The number of halogens is 1. The molecule has 2 unspecified atom stereocenters. The average Bonchev–Trinajstić information content (AvgIpc) is 2.86. The number of likely N-dealkylation sites (N-methyl/N-ethyl adjacent to an activating group) is 1. The lowest BCUT2D eigenvalue weighted by Crippen LogP contribution is -2.36. The molecule has 1 saturated heterocycles. The van der Waals surface area contributed by atoms with Gasteiger partial charge in [-0.2, -0.15) is 0 Å². The molecule has 3 heteroatoms. The third-order valence-corrected chi connectivity index (χ3v) is 4.00. The highest BCUT2D eigenvalue weighted by molar-refractivity contribution is 6.30. The molecule has 0 radical (unpaired) electrons. The first-order chi connectivity index (χ1) is 8.22. The molecule has 1 aliphatic heterocycles. The molecule has 0 saturated carbocycles. The van der Waals surface area contributed by atoms with E-state index in [1.54, 1.807) is 0 Å². The van der Waals surface area contributed by atoms with Crippen LogP contribution in [0.15, 0.2) is 24.3 Å². The van der Waals surface area contributed by atoms with Crippen molar-refractivity contribution in [3.05, 3.63) is 34.9 Å². The van der Waals surface area contributed by atoms with Crippen molar-refractivity contribution < 1.29 is 0 Å². The van der Waals surface area contributed by atoms with Gasteiger partial charge < -0.3 is 5.32 Å². The maximum absolute atomic E-state index is 5.94. The van der Waals surface area contributed by atoms with E-state index in [4.69, 9.17) is 11.6 Å². The summed E-state index contributed by atoms with van der Waals surface area (Å²) in [4.78, 5) is 2.50. The molecule has 1 aromatic carbocycles. The van der Waals surface area contributed by atoms with Crippen LogP contribution in [0.5, 0.6) is 0 Å². The van der Waals surface area contributed by atoms with E-state index >= 15 is 0 Å². The quantitative estimate of drug-likeness (QED) is 0.886. The van der Waals surface area contributed by atoms with Crippen molar-refractivity contribution >= 4 is 11.6 Å². The van der Waals surface area contributed by atoms with E-state index in [1.807, 2.05) is 12.1 Å². The molecule has 0 bridgehead atoms. The number of hydrogen-bond donors (Lipinski definition) is 1. The minimum atomic E-state index is 0.497. The van der Waals surface area contributed by atoms with E-state index in [-0.39, 0.29) is 0 Å². The first kappa shape index (κ1) is 12.9. The highest BCUT2D eigenvalue weighted by Crippen LogP contribution is 2.27. The standard InChI is InChI=1S/C14H21ClN2/c1-3-14(11-4-6-12(15)7-5-11)17(2)13-8-9-16-10-13/h4-7,13-14,16H,3,8-10H2,1-2H3. The van der Waals surface area contributed by atoms with E-state index in [9.17, 15) is 0 Å². The Hall–Kier alpha value is -0.570. The summed E-state index contributed by atoms with van der Waals surface area (Å²) in [5, 5.41) is 4.24. The smallest absolute Gasteiger partial charge is 0.0406 e. The van der Waals surface area contributed by atoms with Crippen molar-refractivity contribution in [1.82, 2.24) is 10.2 Å². The van der Waals surface area contributed by atoms with Gasteiger partial charge in [-0.05, 0) is 44.1 Å². The highest BCUT2D eigenvalue weighted by atomic mass is 35.5. The van der Waals surface area contributed by atoms with Crippen molar-refractivity contribution in [2.75, 3.05) is 20.1 Å². The lowest BCUT2D eigenvalue weighted by molar-refractivity contribution is 0.179. The largest absolute Gasteiger partial charge is 0.315 e. The molecule has 2 atom stereocenters. The normalized spacial score (nSPS) is 22.0. The molecule has 1 aromatic rings. The van der Waals surface area contributed by atoms with Gasteiger partial charge >= 0.3 is 0 Å². The molecule has 0 aliphatic carbocycles. The second-order valence-electron chi connectivity index (χ2n) is 4.79. The minimum absolute atomic E-state index is 0.497. The topological polar surface area (TPSA) is 15.3 Å². The average molecular weight is 253 g/mol. The van der Waals surface area contributed by atoms with Gasteiger partial charge in [0.1, 0.15) is 0 Å². The van der Waals surface area contributed by atoms with Gasteiger partial charge in [0.2, 0.25) is 0 Å². The van der Waals surface area contributed by atoms with Gasteiger partial charge in [-0.1, -0.05) is 30.7 Å². The Balaban J connectivity index is 2.11. The summed E-state index contributed by atoms with van der Waals surface area (Å²) in [6.07, 6.45) is 2.38. The number of hydrogen-bond acceptors (Lipinski definition) is 2. The first-order valence-corrected chi connectivity index (χ1v) is 6.78. The zero-order chi connectivity index (χ0) is 12.3. The van der Waals surface area contributed by atoms with Crippen LogP contribution in [0.3, 0.4) is 0 Å². The van der Waals surface area contributed by atoms with Crippen molar-refractivity contribution in [3.63, 3.8) is 0 Å². The second-order valence-corrected chi connectivity index (χ2v) is 5.22. The van der Waals surface area contributed by atoms with Crippen LogP contribution in [0, 0.1) is 0 Å². The maximum Gasteiger partial charge on any atom is 0.0406 e. The summed E-state index contributed by atoms with van der Waals surface area (Å²) in [6, 6.07) is 9.43. The Morgan fingerprint density at radius 2 is 2.12 bits per heavy atom. The number of nitrogens with zero attached hydrogens (tertiary/aromatic N) is 1. The summed E-state index contributed by atoms with van der Waals surface area (Å²) < 4.78 is 0. The van der Waals surface area contributed by atoms with Crippen LogP contribution < -0.4 is 5.32 Å². The number of benzene rings is 1. The summed E-state index contributed by atoms with van der Waals surface area (Å²) in [6.45, 7) is 4.50. The fourth-order valence-corrected chi connectivity index (χ4v) is 2.81. The Morgan fingerprint density at radius 3 is 2.65 bits per heavy atom. The molecule has 1 heterocycles. The summed E-state index contributed by atoms with van der Waals surface area (Å²) in [7, 11) is 2.24. The summed E-state index contributed by atoms with van der Waals surface area (Å²) in [5.41, 5.74) is 1.37. The maximum atomic E-state index is 5.94. The molecule has 1 N–H and O–H groups in total. The fraction of sp³-hybridized carbons (Fsp3) is 0.571. The summed E-state index contributed by atoms with van der Waals surface area (Å²) in [5.74, 6) is 0. The Kier molecular flexibility index (Phi) is 4.43. The van der Waals surface area contributed by atoms with Gasteiger partial charge in [0.15, 0.2) is 0 Å². The molecular weight excluding hydrogens is 232 g/mol. The molecule has 2 nitrogen and oxygen atoms in total. The van der Waals surface area contributed by atoms with Crippen molar-refractivity contribution in [2.45, 2.75) is 31.8 Å². The van der Waals surface area contributed by atoms with Crippen LogP contribution >= 0.6 is 11.6 Å². The predicted octanol–water partition coefficient (Wildman–Crippen LogP) is 3.08. The number of nitrogens with one attached hydrogen (secondary N) is 1. The number of rotatable bonds is 4. The third kappa shape index (κ3) is 3.01. The molecular formula is C14H21ClN2. The van der Waals surface area contributed by atoms with Crippen LogP contribution in [0.25, 0.3) is 0 Å². The SMILES string of the molecule is CCC(c1ccc(Cl)cc1)N(C)C1CCNC1. The van der Waals surface area contributed by atoms with Crippen LogP contribution in [-0.4, -0.2) is 31.1 Å². The van der Waals surface area contributed by atoms with Crippen LogP contribution in [0.2, 0.25) is 5.02 Å². The lowest BCUT2D eigenvalue weighted by Gasteiger charge is -2.32. The molecule has 1 fully saturated rings. The molecule has 94 valence electrons. The van der Waals surface area contributed by atoms with E-state index < -0.39 is 0 Å². The highest BCUT2D eigenvalue weighted by Gasteiger charge is 2.25. The first-order valence-electron chi connectivity index (χ1n) is 6.40. The van der Waals surface area contributed by atoms with Gasteiger partial charge in [-0.3, -0.25) is 4.90 Å². The third-order valence-electron chi connectivity index (χ3n) is 3.74. The molecule has 17 heavy (non-hydrogen) atoms. The molecule has 0 spiro atoms. The second kappa shape index (κ2) is 5.85. The van der Waals surface area contributed by atoms with Crippen molar-refractivity contribution in [2.24, 2.45) is 0 Å². The molecule has 0 amide bonds. The zero-order valence-electron chi connectivity index (χ0n) is 10.6. The monoisotopic (exact) mass is 252 g/mol. The minimum Gasteiger partial charge on any atom is -0.315 e. The van der Waals surface area contributed by atoms with Crippen LogP contribution in [-0.2, 0) is 0 Å². The van der Waals surface area contributed by atoms with Gasteiger partial charge in [0.25, 0.3) is 0 Å². The Labute approximate surface area is 109 Å². The van der Waals surface area contributed by atoms with Gasteiger partial charge in [0, 0.05) is 23.7 Å². The van der Waals surface area contributed by atoms with E-state index in [1.165, 1.54) is 12.0 Å². The lowest BCUT2D eigenvalue weighted by atomic mass is 10.0. The Morgan fingerprint density at radius 1 is 1.41 bits per heavy atom. The summed E-state index contributed by atoms with van der Waals surface area (Å²) >= 11 is 5.94. The van der Waals surface area contributed by atoms with Crippen LogP contribution in [0.1, 0.15) is 31.4 Å².